The number of aromatic nitrogens is 3. The minimum absolute atomic E-state index is 0.0287. The summed E-state index contributed by atoms with van der Waals surface area (Å²) in [6.45, 7) is 4.04. The highest BCUT2D eigenvalue weighted by molar-refractivity contribution is 7.15. The zero-order chi connectivity index (χ0) is 21.7. The van der Waals surface area contributed by atoms with Gasteiger partial charge in [-0.05, 0) is 26.7 Å². The molecule has 0 spiro atoms. The Morgan fingerprint density at radius 3 is 2.70 bits per heavy atom. The molecule has 164 valence electrons. The summed E-state index contributed by atoms with van der Waals surface area (Å²) in [5.74, 6) is -0.314. The average molecular weight is 446 g/mol. The van der Waals surface area contributed by atoms with Gasteiger partial charge in [0.05, 0.1) is 17.8 Å². The van der Waals surface area contributed by atoms with E-state index in [-0.39, 0.29) is 31.2 Å². The van der Waals surface area contributed by atoms with Crippen LogP contribution in [0.4, 0.5) is 29.1 Å². The van der Waals surface area contributed by atoms with Gasteiger partial charge in [-0.1, -0.05) is 16.5 Å². The second-order valence-electron chi connectivity index (χ2n) is 8.16. The highest BCUT2D eigenvalue weighted by Crippen LogP contribution is 2.58. The molecule has 13 heteroatoms. The normalized spacial score (nSPS) is 18.1. The molecule has 9 nitrogen and oxygen atoms in total. The Morgan fingerprint density at radius 2 is 2.07 bits per heavy atom. The molecule has 2 aromatic rings. The van der Waals surface area contributed by atoms with Crippen molar-refractivity contribution in [2.75, 3.05) is 23.3 Å². The molecule has 0 atom stereocenters. The lowest BCUT2D eigenvalue weighted by molar-refractivity contribution is -0.162. The fourth-order valence-corrected chi connectivity index (χ4v) is 4.17. The lowest BCUT2D eigenvalue weighted by Gasteiger charge is -2.23. The zero-order valence-electron chi connectivity index (χ0n) is 16.3. The molecule has 4 rings (SSSR count). The van der Waals surface area contributed by atoms with Crippen LogP contribution in [-0.4, -0.2) is 51.1 Å². The van der Waals surface area contributed by atoms with Gasteiger partial charge in [-0.2, -0.15) is 18.2 Å². The number of anilines is 2. The Kier molecular flexibility index (Phi) is 4.92. The second kappa shape index (κ2) is 7.08. The van der Waals surface area contributed by atoms with Crippen molar-refractivity contribution >= 4 is 28.5 Å². The van der Waals surface area contributed by atoms with Gasteiger partial charge in [-0.3, -0.25) is 5.32 Å². The van der Waals surface area contributed by atoms with Crippen LogP contribution in [0.15, 0.2) is 4.52 Å². The van der Waals surface area contributed by atoms with Crippen LogP contribution in [0.1, 0.15) is 43.1 Å². The summed E-state index contributed by atoms with van der Waals surface area (Å²) in [7, 11) is 0. The molecule has 1 fully saturated rings. The number of thiazole rings is 1. The lowest BCUT2D eigenvalue weighted by atomic mass is 10.1. The predicted molar refractivity (Wildman–Crippen MR) is 101 cm³/mol. The van der Waals surface area contributed by atoms with Gasteiger partial charge in [0, 0.05) is 24.4 Å². The van der Waals surface area contributed by atoms with E-state index in [9.17, 15) is 23.1 Å². The van der Waals surface area contributed by atoms with Gasteiger partial charge < -0.3 is 19.8 Å². The van der Waals surface area contributed by atoms with Gasteiger partial charge in [0.2, 0.25) is 0 Å². The molecule has 3 heterocycles. The summed E-state index contributed by atoms with van der Waals surface area (Å²) in [6.07, 6.45) is -3.92. The Labute approximate surface area is 173 Å². The van der Waals surface area contributed by atoms with Crippen molar-refractivity contribution < 1.29 is 27.6 Å². The number of urea groups is 1. The van der Waals surface area contributed by atoms with Gasteiger partial charge in [0.1, 0.15) is 5.41 Å². The molecule has 0 radical (unpaired) electrons. The highest BCUT2D eigenvalue weighted by Gasteiger charge is 2.67. The van der Waals surface area contributed by atoms with Crippen LogP contribution in [0.2, 0.25) is 0 Å². The van der Waals surface area contributed by atoms with Gasteiger partial charge in [-0.25, -0.2) is 9.78 Å². The number of hydrogen-bond donors (Lipinski definition) is 3. The molecule has 3 N–H and O–H groups in total. The number of amides is 2. The van der Waals surface area contributed by atoms with Crippen LogP contribution in [0.25, 0.3) is 0 Å². The minimum atomic E-state index is -4.40. The highest BCUT2D eigenvalue weighted by atomic mass is 32.1. The van der Waals surface area contributed by atoms with Crippen molar-refractivity contribution in [3.63, 3.8) is 0 Å². The number of fused-ring (bicyclic) bond motifs is 1. The number of alkyl halides is 3. The smallest absolute Gasteiger partial charge is 0.389 e. The summed E-state index contributed by atoms with van der Waals surface area (Å²) < 4.78 is 44.9. The number of rotatable bonds is 5. The van der Waals surface area contributed by atoms with Crippen molar-refractivity contribution in [1.82, 2.24) is 20.4 Å². The van der Waals surface area contributed by atoms with Gasteiger partial charge in [0.25, 0.3) is 0 Å². The molecule has 30 heavy (non-hydrogen) atoms. The van der Waals surface area contributed by atoms with Crippen LogP contribution in [0.3, 0.4) is 0 Å². The third-order valence-electron chi connectivity index (χ3n) is 5.04. The summed E-state index contributed by atoms with van der Waals surface area (Å²) in [4.78, 5) is 22.9. The Hall–Kier alpha value is -2.41. The van der Waals surface area contributed by atoms with E-state index < -0.39 is 23.2 Å². The maximum Gasteiger partial charge on any atom is 0.401 e. The zero-order valence-corrected chi connectivity index (χ0v) is 17.2. The molecular formula is C17H21F3N6O3S. The van der Waals surface area contributed by atoms with Gasteiger partial charge in [-0.15, -0.1) is 0 Å². The summed E-state index contributed by atoms with van der Waals surface area (Å²) in [5, 5.41) is 18.8. The molecule has 0 bridgehead atoms. The summed E-state index contributed by atoms with van der Waals surface area (Å²) in [6, 6.07) is -0.430. The molecule has 2 aliphatic rings. The van der Waals surface area contributed by atoms with Crippen LogP contribution < -0.4 is 15.5 Å². The SMILES string of the molecule is CC(C)(O)CNC(=O)Nc1nc2c(s1)CN(c1nc(C3(C(F)(F)F)CC3)no1)CC2. The molecule has 1 aliphatic carbocycles. The molecule has 1 aliphatic heterocycles. The van der Waals surface area contributed by atoms with E-state index in [1.807, 2.05) is 0 Å². The first-order chi connectivity index (χ1) is 14.0. The number of hydrogen-bond acceptors (Lipinski definition) is 8. The van der Waals surface area contributed by atoms with Crippen molar-refractivity contribution in [2.45, 2.75) is 56.8 Å². The molecule has 2 aromatic heterocycles. The van der Waals surface area contributed by atoms with E-state index in [2.05, 4.69) is 25.8 Å². The van der Waals surface area contributed by atoms with Crippen LogP contribution >= 0.6 is 11.3 Å². The average Bonchev–Trinajstić information content (AvgIpc) is 3.15. The number of aliphatic hydroxyl groups is 1. The topological polar surface area (TPSA) is 116 Å². The second-order valence-corrected chi connectivity index (χ2v) is 9.24. The molecule has 1 saturated carbocycles. The van der Waals surface area contributed by atoms with Gasteiger partial charge in [0.15, 0.2) is 11.0 Å². The lowest BCUT2D eigenvalue weighted by Crippen LogP contribution is -2.40. The van der Waals surface area contributed by atoms with E-state index in [1.54, 1.807) is 18.7 Å². The van der Waals surface area contributed by atoms with E-state index in [0.29, 0.717) is 24.6 Å². The van der Waals surface area contributed by atoms with Crippen molar-refractivity contribution in [1.29, 1.82) is 0 Å². The number of carbonyl (C=O) groups is 1. The van der Waals surface area contributed by atoms with Crippen molar-refractivity contribution in [3.05, 3.63) is 16.4 Å². The fraction of sp³-hybridized carbons (Fsp3) is 0.647. The standard InChI is InChI=1S/C17H21F3N6O3S/c1-15(2,28)8-21-12(27)24-13-22-9-3-6-26(7-10(9)30-13)14-23-11(25-29-14)16(4-5-16)17(18,19)20/h28H,3-8H2,1-2H3,(H2,21,22,24,27). The third kappa shape index (κ3) is 4.08. The van der Waals surface area contributed by atoms with Crippen molar-refractivity contribution in [3.8, 4) is 0 Å². The van der Waals surface area contributed by atoms with Crippen LogP contribution in [-0.2, 0) is 18.4 Å². The van der Waals surface area contributed by atoms with E-state index >= 15 is 0 Å². The predicted octanol–water partition coefficient (Wildman–Crippen LogP) is 2.58. The number of carbonyl (C=O) groups excluding carboxylic acids is 1. The monoisotopic (exact) mass is 446 g/mol. The first-order valence-electron chi connectivity index (χ1n) is 9.39. The third-order valence-corrected chi connectivity index (χ3v) is 6.04. The van der Waals surface area contributed by atoms with Crippen molar-refractivity contribution in [2.24, 2.45) is 0 Å². The van der Waals surface area contributed by atoms with E-state index in [0.717, 1.165) is 10.6 Å². The maximum absolute atomic E-state index is 13.3. The Morgan fingerprint density at radius 1 is 1.33 bits per heavy atom. The Balaban J connectivity index is 1.41. The fourth-order valence-electron chi connectivity index (χ4n) is 3.15. The van der Waals surface area contributed by atoms with Crippen LogP contribution in [0.5, 0.6) is 0 Å². The summed E-state index contributed by atoms with van der Waals surface area (Å²) >= 11 is 1.27. The first kappa shape index (κ1) is 20.8. The van der Waals surface area contributed by atoms with Gasteiger partial charge >= 0.3 is 18.2 Å². The molecule has 0 aromatic carbocycles. The quantitative estimate of drug-likeness (QED) is 0.646. The number of nitrogens with one attached hydrogen (secondary N) is 2. The molecular weight excluding hydrogens is 425 g/mol. The largest absolute Gasteiger partial charge is 0.401 e. The maximum atomic E-state index is 13.3. The summed E-state index contributed by atoms with van der Waals surface area (Å²) in [5.41, 5.74) is -2.20. The molecule has 0 unspecified atom stereocenters. The van der Waals surface area contributed by atoms with E-state index in [1.165, 1.54) is 11.3 Å². The van der Waals surface area contributed by atoms with E-state index in [4.69, 9.17) is 4.52 Å². The molecule has 0 saturated heterocycles. The minimum Gasteiger partial charge on any atom is -0.389 e. The Bertz CT molecular complexity index is 947. The number of halogens is 3. The number of nitrogens with zero attached hydrogens (tertiary/aromatic N) is 4. The first-order valence-corrected chi connectivity index (χ1v) is 10.2. The molecule has 2 amide bonds. The van der Waals surface area contributed by atoms with Crippen LogP contribution in [0, 0.1) is 0 Å².